The van der Waals surface area contributed by atoms with Gasteiger partial charge in [0.1, 0.15) is 5.75 Å². The van der Waals surface area contributed by atoms with E-state index in [-0.39, 0.29) is 11.9 Å². The number of methoxy groups -OCH3 is 1. The lowest BCUT2D eigenvalue weighted by Crippen LogP contribution is -2.11. The number of carbonyl (C=O) groups is 1. The predicted molar refractivity (Wildman–Crippen MR) is 111 cm³/mol. The molecule has 0 saturated carbocycles. The molecule has 1 amide bonds. The van der Waals surface area contributed by atoms with Crippen LogP contribution in [0.1, 0.15) is 24.0 Å². The molecule has 0 atom stereocenters. The fraction of sp³-hybridized carbons (Fsp3) is 0.286. The molecule has 0 spiro atoms. The highest BCUT2D eigenvalue weighted by Gasteiger charge is 2.13. The summed E-state index contributed by atoms with van der Waals surface area (Å²) in [6.45, 7) is 4.02. The maximum atomic E-state index is 12.1. The van der Waals surface area contributed by atoms with Crippen molar-refractivity contribution in [3.8, 4) is 17.2 Å². The Morgan fingerprint density at radius 1 is 1.14 bits per heavy atom. The lowest BCUT2D eigenvalue weighted by molar-refractivity contribution is -0.116. The number of amides is 1. The van der Waals surface area contributed by atoms with Crippen molar-refractivity contribution in [3.63, 3.8) is 0 Å². The van der Waals surface area contributed by atoms with E-state index in [1.165, 1.54) is 5.56 Å². The molecule has 1 aromatic heterocycles. The van der Waals surface area contributed by atoms with Gasteiger partial charge in [-0.1, -0.05) is 22.8 Å². The average molecular weight is 398 g/mol. The van der Waals surface area contributed by atoms with E-state index in [1.54, 1.807) is 18.9 Å². The lowest BCUT2D eigenvalue weighted by Gasteiger charge is -2.04. The third-order valence-corrected chi connectivity index (χ3v) is 5.26. The van der Waals surface area contributed by atoms with Crippen LogP contribution in [-0.4, -0.2) is 29.0 Å². The largest absolute Gasteiger partial charge is 0.497 e. The van der Waals surface area contributed by atoms with Crippen molar-refractivity contribution < 1.29 is 13.9 Å². The zero-order chi connectivity index (χ0) is 19.9. The lowest BCUT2D eigenvalue weighted by atomic mass is 10.1. The average Bonchev–Trinajstić information content (AvgIpc) is 3.13. The first-order chi connectivity index (χ1) is 13.5. The summed E-state index contributed by atoms with van der Waals surface area (Å²) < 4.78 is 10.7. The Kier molecular flexibility index (Phi) is 6.71. The number of aryl methyl sites for hydroxylation is 2. The Bertz CT molecular complexity index is 938. The minimum absolute atomic E-state index is 0.128. The standard InChI is InChI=1S/C21H23N3O3S/c1-14-6-11-18(15(2)13-14)20-23-24-21(27-20)22-19(25)5-4-12-28-17-9-7-16(26-3)8-10-17/h6-11,13H,4-5,12H2,1-3H3,(H,22,24,25). The monoisotopic (exact) mass is 397 g/mol. The minimum atomic E-state index is -0.133. The van der Waals surface area contributed by atoms with Gasteiger partial charge in [-0.2, -0.15) is 0 Å². The maximum Gasteiger partial charge on any atom is 0.322 e. The molecule has 7 heteroatoms. The Morgan fingerprint density at radius 2 is 1.93 bits per heavy atom. The van der Waals surface area contributed by atoms with Gasteiger partial charge in [-0.05, 0) is 61.9 Å². The molecule has 2 aromatic carbocycles. The highest BCUT2D eigenvalue weighted by Crippen LogP contribution is 2.25. The van der Waals surface area contributed by atoms with Gasteiger partial charge < -0.3 is 9.15 Å². The fourth-order valence-electron chi connectivity index (χ4n) is 2.71. The van der Waals surface area contributed by atoms with Gasteiger partial charge in [0.25, 0.3) is 0 Å². The van der Waals surface area contributed by atoms with Crippen LogP contribution in [0.2, 0.25) is 0 Å². The molecule has 0 aliphatic heterocycles. The van der Waals surface area contributed by atoms with Crippen LogP contribution in [0.5, 0.6) is 5.75 Å². The van der Waals surface area contributed by atoms with Gasteiger partial charge in [0.15, 0.2) is 0 Å². The van der Waals surface area contributed by atoms with E-state index < -0.39 is 0 Å². The summed E-state index contributed by atoms with van der Waals surface area (Å²) in [5, 5.41) is 10.6. The van der Waals surface area contributed by atoms with Gasteiger partial charge in [-0.15, -0.1) is 16.9 Å². The number of aromatic nitrogens is 2. The van der Waals surface area contributed by atoms with Crippen molar-refractivity contribution in [1.29, 1.82) is 0 Å². The maximum absolute atomic E-state index is 12.1. The van der Waals surface area contributed by atoms with Gasteiger partial charge in [-0.25, -0.2) is 0 Å². The molecule has 28 heavy (non-hydrogen) atoms. The number of hydrogen-bond donors (Lipinski definition) is 1. The number of thioether (sulfide) groups is 1. The number of rotatable bonds is 8. The molecule has 1 N–H and O–H groups in total. The normalized spacial score (nSPS) is 10.7. The molecule has 0 aliphatic carbocycles. The number of anilines is 1. The molecule has 0 bridgehead atoms. The Labute approximate surface area is 168 Å². The molecule has 3 aromatic rings. The van der Waals surface area contributed by atoms with Crippen LogP contribution in [-0.2, 0) is 4.79 Å². The number of nitrogens with zero attached hydrogens (tertiary/aromatic N) is 2. The van der Waals surface area contributed by atoms with Gasteiger partial charge in [0.05, 0.1) is 7.11 Å². The molecule has 0 radical (unpaired) electrons. The number of ether oxygens (including phenoxy) is 1. The van der Waals surface area contributed by atoms with E-state index in [0.29, 0.717) is 12.3 Å². The van der Waals surface area contributed by atoms with Crippen LogP contribution >= 0.6 is 11.8 Å². The third-order valence-electron chi connectivity index (χ3n) is 4.16. The summed E-state index contributed by atoms with van der Waals surface area (Å²) in [4.78, 5) is 13.2. The van der Waals surface area contributed by atoms with E-state index in [9.17, 15) is 4.79 Å². The third kappa shape index (κ3) is 5.36. The molecule has 146 valence electrons. The number of hydrogen-bond acceptors (Lipinski definition) is 6. The highest BCUT2D eigenvalue weighted by molar-refractivity contribution is 7.99. The fourth-order valence-corrected chi connectivity index (χ4v) is 3.57. The molecule has 0 fully saturated rings. The second kappa shape index (κ2) is 9.41. The van der Waals surface area contributed by atoms with Crippen molar-refractivity contribution in [3.05, 3.63) is 53.6 Å². The summed E-state index contributed by atoms with van der Waals surface area (Å²) in [5.41, 5.74) is 3.09. The quantitative estimate of drug-likeness (QED) is 0.431. The number of carbonyl (C=O) groups excluding carboxylic acids is 1. The Morgan fingerprint density at radius 3 is 2.64 bits per heavy atom. The number of nitrogens with one attached hydrogen (secondary N) is 1. The first kappa shape index (κ1) is 19.9. The summed E-state index contributed by atoms with van der Waals surface area (Å²) >= 11 is 1.71. The van der Waals surface area contributed by atoms with Crippen LogP contribution in [0.3, 0.4) is 0 Å². The first-order valence-electron chi connectivity index (χ1n) is 9.03. The number of benzene rings is 2. The van der Waals surface area contributed by atoms with Crippen LogP contribution in [0, 0.1) is 13.8 Å². The Hall–Kier alpha value is -2.80. The van der Waals surface area contributed by atoms with Crippen LogP contribution < -0.4 is 10.1 Å². The molecule has 6 nitrogen and oxygen atoms in total. The predicted octanol–water partition coefficient (Wildman–Crippen LogP) is 4.87. The van der Waals surface area contributed by atoms with Crippen LogP contribution in [0.15, 0.2) is 51.8 Å². The van der Waals surface area contributed by atoms with E-state index in [0.717, 1.165) is 33.9 Å². The van der Waals surface area contributed by atoms with Crippen molar-refractivity contribution in [2.45, 2.75) is 31.6 Å². The first-order valence-corrected chi connectivity index (χ1v) is 10.0. The smallest absolute Gasteiger partial charge is 0.322 e. The SMILES string of the molecule is COc1ccc(SCCCC(=O)Nc2nnc(-c3ccc(C)cc3C)o2)cc1. The van der Waals surface area contributed by atoms with E-state index in [1.807, 2.05) is 50.2 Å². The topological polar surface area (TPSA) is 77.2 Å². The van der Waals surface area contributed by atoms with Gasteiger partial charge >= 0.3 is 6.01 Å². The van der Waals surface area contributed by atoms with Gasteiger partial charge in [0, 0.05) is 16.9 Å². The molecule has 0 saturated heterocycles. The highest BCUT2D eigenvalue weighted by atomic mass is 32.2. The van der Waals surface area contributed by atoms with Gasteiger partial charge in [-0.3, -0.25) is 10.1 Å². The van der Waals surface area contributed by atoms with Gasteiger partial charge in [0.2, 0.25) is 11.8 Å². The molecular weight excluding hydrogens is 374 g/mol. The van der Waals surface area contributed by atoms with Crippen molar-refractivity contribution in [2.24, 2.45) is 0 Å². The minimum Gasteiger partial charge on any atom is -0.497 e. The summed E-state index contributed by atoms with van der Waals surface area (Å²) in [6.07, 6.45) is 1.14. The van der Waals surface area contributed by atoms with E-state index in [2.05, 4.69) is 21.6 Å². The van der Waals surface area contributed by atoms with Crippen molar-refractivity contribution in [2.75, 3.05) is 18.2 Å². The molecule has 0 aliphatic rings. The molecule has 0 unspecified atom stereocenters. The zero-order valence-electron chi connectivity index (χ0n) is 16.2. The molecule has 1 heterocycles. The van der Waals surface area contributed by atoms with Crippen LogP contribution in [0.25, 0.3) is 11.5 Å². The van der Waals surface area contributed by atoms with Crippen molar-refractivity contribution >= 4 is 23.7 Å². The molecule has 3 rings (SSSR count). The van der Waals surface area contributed by atoms with Crippen molar-refractivity contribution in [1.82, 2.24) is 10.2 Å². The summed E-state index contributed by atoms with van der Waals surface area (Å²) in [5.74, 6) is 1.95. The summed E-state index contributed by atoms with van der Waals surface area (Å²) in [6, 6.07) is 14.0. The summed E-state index contributed by atoms with van der Waals surface area (Å²) in [7, 11) is 1.65. The van der Waals surface area contributed by atoms with E-state index in [4.69, 9.17) is 9.15 Å². The van der Waals surface area contributed by atoms with Crippen LogP contribution in [0.4, 0.5) is 6.01 Å². The zero-order valence-corrected chi connectivity index (χ0v) is 17.0. The van der Waals surface area contributed by atoms with E-state index >= 15 is 0 Å². The molecular formula is C21H23N3O3S. The Balaban J connectivity index is 1.45. The second-order valence-electron chi connectivity index (χ2n) is 6.41. The second-order valence-corrected chi connectivity index (χ2v) is 7.57.